The third-order valence-electron chi connectivity index (χ3n) is 1.48. The summed E-state index contributed by atoms with van der Waals surface area (Å²) < 4.78 is 6.96. The van der Waals surface area contributed by atoms with Gasteiger partial charge in [0.25, 0.3) is 0 Å². The molecule has 0 amide bonds. The zero-order valence-corrected chi connectivity index (χ0v) is 11.9. The molecule has 0 spiro atoms. The molecule has 0 atom stereocenters. The summed E-state index contributed by atoms with van der Waals surface area (Å²) in [5, 5.41) is 8.83. The van der Waals surface area contributed by atoms with Gasteiger partial charge < -0.3 is 4.74 Å². The fourth-order valence-corrected chi connectivity index (χ4v) is 2.96. The number of hydrogen-bond donors (Lipinski definition) is 0. The van der Waals surface area contributed by atoms with Gasteiger partial charge in [0.15, 0.2) is 0 Å². The highest BCUT2D eigenvalue weighted by Gasteiger charge is 2.22. The Balaban J connectivity index is 3.38. The summed E-state index contributed by atoms with van der Waals surface area (Å²) >= 11 is 9.47. The Morgan fingerprint density at radius 1 is 1.47 bits per heavy atom. The van der Waals surface area contributed by atoms with E-state index in [1.165, 1.54) is 0 Å². The minimum Gasteiger partial charge on any atom is -0.418 e. The predicted octanol–water partition coefficient (Wildman–Crippen LogP) is 3.78. The highest BCUT2D eigenvalue weighted by molar-refractivity contribution is 9.13. The zero-order valence-electron chi connectivity index (χ0n) is 7.13. The van der Waals surface area contributed by atoms with Gasteiger partial charge in [0, 0.05) is 0 Å². The molecule has 0 bridgehead atoms. The number of aromatic nitrogens is 1. The van der Waals surface area contributed by atoms with Crippen LogP contribution in [-0.4, -0.2) is 10.7 Å². The standard InChI is InChI=1S/C8H3Br3N2O2/c1-2-15-8(14)13-6(10)4(3-12)5(9)7(13)11/h2H,1H2. The quantitative estimate of drug-likeness (QED) is 0.676. The summed E-state index contributed by atoms with van der Waals surface area (Å²) in [5.41, 5.74) is 0.308. The van der Waals surface area contributed by atoms with Crippen LogP contribution in [0.2, 0.25) is 0 Å². The Morgan fingerprint density at radius 2 is 2.07 bits per heavy atom. The van der Waals surface area contributed by atoms with E-state index in [-0.39, 0.29) is 0 Å². The van der Waals surface area contributed by atoms with Crippen molar-refractivity contribution >= 4 is 53.9 Å². The summed E-state index contributed by atoms with van der Waals surface area (Å²) in [6, 6.07) is 1.94. The van der Waals surface area contributed by atoms with Gasteiger partial charge in [0.2, 0.25) is 0 Å². The third-order valence-corrected chi connectivity index (χ3v) is 4.28. The topological polar surface area (TPSA) is 55.0 Å². The van der Waals surface area contributed by atoms with Gasteiger partial charge in [-0.15, -0.1) is 0 Å². The molecule has 7 heteroatoms. The molecule has 0 aliphatic heterocycles. The molecule has 1 aromatic rings. The first-order valence-electron chi connectivity index (χ1n) is 3.51. The number of halogens is 3. The van der Waals surface area contributed by atoms with Gasteiger partial charge in [0.1, 0.15) is 20.8 Å². The van der Waals surface area contributed by atoms with E-state index in [1.54, 1.807) is 0 Å². The van der Waals surface area contributed by atoms with Crippen molar-refractivity contribution in [2.24, 2.45) is 0 Å². The molecule has 0 aliphatic carbocycles. The van der Waals surface area contributed by atoms with Crippen LogP contribution in [0.4, 0.5) is 4.79 Å². The fourth-order valence-electron chi connectivity index (χ4n) is 0.869. The highest BCUT2D eigenvalue weighted by Crippen LogP contribution is 2.35. The van der Waals surface area contributed by atoms with Crippen LogP contribution in [0.5, 0.6) is 0 Å². The molecule has 1 rings (SSSR count). The van der Waals surface area contributed by atoms with Crippen molar-refractivity contribution < 1.29 is 9.53 Å². The van der Waals surface area contributed by atoms with Gasteiger partial charge in [-0.1, -0.05) is 6.58 Å². The van der Waals surface area contributed by atoms with Crippen molar-refractivity contribution in [1.29, 1.82) is 5.26 Å². The Kier molecular flexibility index (Phi) is 4.13. The van der Waals surface area contributed by atoms with Crippen LogP contribution in [0.3, 0.4) is 0 Å². The number of carbonyl (C=O) groups excluding carboxylic acids is 1. The van der Waals surface area contributed by atoms with Crippen molar-refractivity contribution in [3.8, 4) is 6.07 Å². The van der Waals surface area contributed by atoms with Crippen LogP contribution < -0.4 is 0 Å². The number of nitriles is 1. The molecule has 4 nitrogen and oxygen atoms in total. The maximum absolute atomic E-state index is 11.4. The normalized spacial score (nSPS) is 9.47. The van der Waals surface area contributed by atoms with Crippen LogP contribution in [-0.2, 0) is 4.74 Å². The first-order valence-corrected chi connectivity index (χ1v) is 5.89. The maximum Gasteiger partial charge on any atom is 0.424 e. The van der Waals surface area contributed by atoms with Gasteiger partial charge >= 0.3 is 6.09 Å². The molecule has 1 aromatic heterocycles. The van der Waals surface area contributed by atoms with Crippen LogP contribution in [0.15, 0.2) is 26.5 Å². The molecule has 0 fully saturated rings. The molecule has 1 heterocycles. The highest BCUT2D eigenvalue weighted by atomic mass is 79.9. The second kappa shape index (κ2) is 4.96. The SMILES string of the molecule is C=COC(=O)n1c(Br)c(Br)c(C#N)c1Br. The number of nitrogens with zero attached hydrogens (tertiary/aromatic N) is 2. The molecule has 0 aliphatic rings. The van der Waals surface area contributed by atoms with Gasteiger partial charge in [0.05, 0.1) is 10.7 Å². The van der Waals surface area contributed by atoms with E-state index in [0.717, 1.165) is 10.8 Å². The molecule has 0 unspecified atom stereocenters. The van der Waals surface area contributed by atoms with Crippen molar-refractivity contribution in [3.05, 3.63) is 32.1 Å². The van der Waals surface area contributed by atoms with Gasteiger partial charge in [-0.05, 0) is 47.8 Å². The lowest BCUT2D eigenvalue weighted by Crippen LogP contribution is -2.11. The zero-order chi connectivity index (χ0) is 11.6. The summed E-state index contributed by atoms with van der Waals surface area (Å²) in [5.74, 6) is 0. The fraction of sp³-hybridized carbons (Fsp3) is 0. The minimum atomic E-state index is -0.661. The second-order valence-corrected chi connectivity index (χ2v) is 4.56. The molecule has 0 radical (unpaired) electrons. The molecule has 0 N–H and O–H groups in total. The Labute approximate surface area is 111 Å². The lowest BCUT2D eigenvalue weighted by molar-refractivity contribution is 0.186. The largest absolute Gasteiger partial charge is 0.424 e. The van der Waals surface area contributed by atoms with Crippen LogP contribution >= 0.6 is 47.8 Å². The van der Waals surface area contributed by atoms with Gasteiger partial charge in [-0.25, -0.2) is 9.36 Å². The molecular weight excluding hydrogens is 396 g/mol. The molecular formula is C8H3Br3N2O2. The monoisotopic (exact) mass is 396 g/mol. The molecule has 0 aromatic carbocycles. The van der Waals surface area contributed by atoms with Crippen molar-refractivity contribution in [3.63, 3.8) is 0 Å². The summed E-state index contributed by atoms with van der Waals surface area (Å²) in [7, 11) is 0. The second-order valence-electron chi connectivity index (χ2n) is 2.27. The first-order chi connectivity index (χ1) is 7.04. The van der Waals surface area contributed by atoms with Gasteiger partial charge in [-0.3, -0.25) is 0 Å². The number of carbonyl (C=O) groups is 1. The van der Waals surface area contributed by atoms with Crippen molar-refractivity contribution in [1.82, 2.24) is 4.57 Å². The Bertz CT molecular complexity index is 473. The average Bonchev–Trinajstić information content (AvgIpc) is 2.39. The van der Waals surface area contributed by atoms with E-state index in [1.807, 2.05) is 6.07 Å². The number of hydrogen-bond acceptors (Lipinski definition) is 3. The smallest absolute Gasteiger partial charge is 0.418 e. The Hall–Kier alpha value is -0.580. The Morgan fingerprint density at radius 3 is 2.47 bits per heavy atom. The molecule has 0 saturated heterocycles. The first kappa shape index (κ1) is 12.5. The van der Waals surface area contributed by atoms with Gasteiger partial charge in [-0.2, -0.15) is 5.26 Å². The number of rotatable bonds is 1. The lowest BCUT2D eigenvalue weighted by Gasteiger charge is -2.02. The number of ether oxygens (including phenoxy) is 1. The molecule has 78 valence electrons. The lowest BCUT2D eigenvalue weighted by atomic mass is 10.4. The van der Waals surface area contributed by atoms with E-state index in [0.29, 0.717) is 19.2 Å². The summed E-state index contributed by atoms with van der Waals surface area (Å²) in [6.45, 7) is 3.27. The molecule has 15 heavy (non-hydrogen) atoms. The van der Waals surface area contributed by atoms with Crippen LogP contribution in [0.25, 0.3) is 0 Å². The molecule has 0 saturated carbocycles. The maximum atomic E-state index is 11.4. The predicted molar refractivity (Wildman–Crippen MR) is 64.3 cm³/mol. The van der Waals surface area contributed by atoms with Crippen molar-refractivity contribution in [2.75, 3.05) is 0 Å². The van der Waals surface area contributed by atoms with E-state index < -0.39 is 6.09 Å². The van der Waals surface area contributed by atoms with E-state index >= 15 is 0 Å². The van der Waals surface area contributed by atoms with Crippen LogP contribution in [0.1, 0.15) is 5.56 Å². The van der Waals surface area contributed by atoms with Crippen molar-refractivity contribution in [2.45, 2.75) is 0 Å². The van der Waals surface area contributed by atoms with E-state index in [4.69, 9.17) is 5.26 Å². The minimum absolute atomic E-state index is 0.308. The third kappa shape index (κ3) is 2.17. The van der Waals surface area contributed by atoms with E-state index in [9.17, 15) is 4.79 Å². The average molecular weight is 399 g/mol. The van der Waals surface area contributed by atoms with Crippen LogP contribution in [0, 0.1) is 11.3 Å². The summed E-state index contributed by atoms with van der Waals surface area (Å²) in [6.07, 6.45) is 0.354. The van der Waals surface area contributed by atoms with E-state index in [2.05, 4.69) is 59.1 Å². The summed E-state index contributed by atoms with van der Waals surface area (Å²) in [4.78, 5) is 11.4.